The molecule has 0 fully saturated rings. The quantitative estimate of drug-likeness (QED) is 0.169. The molecule has 4 nitrogen and oxygen atoms in total. The zero-order valence-electron chi connectivity index (χ0n) is 56.3. The average Bonchev–Trinajstić information content (AvgIpc) is 0.919. The Labute approximate surface area is 437 Å². The van der Waals surface area contributed by atoms with Gasteiger partial charge in [0, 0.05) is 50.8 Å². The number of phenolic OH excluding ortho intramolecular Hbond substituents is 1. The van der Waals surface area contributed by atoms with Gasteiger partial charge in [0.05, 0.1) is 31.9 Å². The molecular formula is C62H68N3OPt-. The molecule has 0 amide bonds. The smallest absolute Gasteiger partial charge is 0.148 e. The fourth-order valence-corrected chi connectivity index (χ4v) is 8.16. The van der Waals surface area contributed by atoms with E-state index >= 15 is 0 Å². The van der Waals surface area contributed by atoms with Crippen LogP contribution in [0.2, 0.25) is 0 Å². The second-order valence-electron chi connectivity index (χ2n) is 21.4. The molecule has 0 aliphatic heterocycles. The van der Waals surface area contributed by atoms with Gasteiger partial charge in [0.1, 0.15) is 11.6 Å². The number of hydrogen-bond donors (Lipinski definition) is 1. The summed E-state index contributed by atoms with van der Waals surface area (Å²) in [6.07, 6.45) is -0.745. The van der Waals surface area contributed by atoms with E-state index in [9.17, 15) is 9.22 Å². The van der Waals surface area contributed by atoms with E-state index in [0.29, 0.717) is 39.1 Å². The Balaban J connectivity index is 0.00000990. The number of nitrogens with zero attached hydrogens (tertiary/aromatic N) is 3. The van der Waals surface area contributed by atoms with Gasteiger partial charge in [0.25, 0.3) is 0 Å². The van der Waals surface area contributed by atoms with Crippen molar-refractivity contribution in [2.45, 2.75) is 131 Å². The summed E-state index contributed by atoms with van der Waals surface area (Å²) in [6, 6.07) is 27.1. The second-order valence-corrected chi connectivity index (χ2v) is 21.4. The van der Waals surface area contributed by atoms with Gasteiger partial charge in [-0.2, -0.15) is 0 Å². The summed E-state index contributed by atoms with van der Waals surface area (Å²) in [5, 5.41) is 12.6. The molecule has 0 saturated heterocycles. The van der Waals surface area contributed by atoms with Gasteiger partial charge in [0.2, 0.25) is 0 Å². The predicted octanol–water partition coefficient (Wildman–Crippen LogP) is 16.7. The van der Waals surface area contributed by atoms with Gasteiger partial charge in [-0.15, -0.1) is 29.3 Å². The monoisotopic (exact) mass is 1080 g/mol. The molecule has 8 aromatic rings. The minimum atomic E-state index is -3.93. The molecule has 0 aliphatic rings. The maximum atomic E-state index is 12.6. The van der Waals surface area contributed by atoms with Crippen LogP contribution in [0.5, 0.6) is 5.75 Å². The van der Waals surface area contributed by atoms with Crippen molar-refractivity contribution in [1.29, 1.82) is 0 Å². The molecular weight excluding hydrogens is 998 g/mol. The SMILES string of the molecule is [2H]c1nc(-c2[c-]c(-c3cccc4c3nc(-c3cc(C(C)(C)C)cc(C(C)(C)C)c3O)n4-c3ccc(-c4ccccc4)cc3C(C)(C)C)cc(C(C)(C)C)c2)c([2H])c(-c2c([2H])c([2H])c(C(C([2H])([2H])[2H])(C([2H])([2H])[2H])C([2H])([2H])[2H])c([2H])c2[2H])c1[2H].[Pt]. The summed E-state index contributed by atoms with van der Waals surface area (Å²) in [5.41, 5.74) is 0.408. The van der Waals surface area contributed by atoms with Gasteiger partial charge in [-0.3, -0.25) is 9.55 Å². The fraction of sp³-hybridized carbons (Fsp3) is 0.323. The topological polar surface area (TPSA) is 50.9 Å². The Morgan fingerprint density at radius 1 is 0.552 bits per heavy atom. The van der Waals surface area contributed by atoms with Crippen molar-refractivity contribution in [1.82, 2.24) is 14.5 Å². The summed E-state index contributed by atoms with van der Waals surface area (Å²) < 4.78 is 141. The van der Waals surface area contributed by atoms with Crippen molar-refractivity contribution in [2.24, 2.45) is 0 Å². The third-order valence-electron chi connectivity index (χ3n) is 12.0. The van der Waals surface area contributed by atoms with E-state index in [1.165, 1.54) is 0 Å². The minimum absolute atomic E-state index is 0. The number of rotatable bonds is 6. The first-order valence-corrected chi connectivity index (χ1v) is 22.2. The van der Waals surface area contributed by atoms with E-state index in [1.807, 2.05) is 69.3 Å². The molecule has 8 rings (SSSR count). The third kappa shape index (κ3) is 10.0. The van der Waals surface area contributed by atoms with Gasteiger partial charge in [0.15, 0.2) is 0 Å². The van der Waals surface area contributed by atoms with Crippen LogP contribution in [0.1, 0.15) is 153 Å². The maximum absolute atomic E-state index is 12.6. The Morgan fingerprint density at radius 3 is 1.82 bits per heavy atom. The van der Waals surface area contributed by atoms with Crippen LogP contribution in [0, 0.1) is 6.07 Å². The van der Waals surface area contributed by atoms with Crippen molar-refractivity contribution in [3.63, 3.8) is 0 Å². The molecule has 2 heterocycles. The molecule has 0 radical (unpaired) electrons. The molecule has 67 heavy (non-hydrogen) atoms. The normalized spacial score (nSPS) is 16.7. The molecule has 0 saturated carbocycles. The van der Waals surface area contributed by atoms with E-state index < -0.39 is 101 Å². The molecule has 0 unspecified atom stereocenters. The first-order valence-electron chi connectivity index (χ1n) is 30.2. The van der Waals surface area contributed by atoms with Crippen LogP contribution >= 0.6 is 0 Å². The summed E-state index contributed by atoms with van der Waals surface area (Å²) >= 11 is 0. The van der Waals surface area contributed by atoms with Crippen molar-refractivity contribution in [2.75, 3.05) is 0 Å². The summed E-state index contributed by atoms with van der Waals surface area (Å²) in [7, 11) is 0. The van der Waals surface area contributed by atoms with Gasteiger partial charge in [-0.1, -0.05) is 200 Å². The van der Waals surface area contributed by atoms with Crippen LogP contribution in [-0.2, 0) is 48.1 Å². The van der Waals surface area contributed by atoms with Crippen LogP contribution in [0.15, 0.2) is 133 Å². The average molecular weight is 1080 g/mol. The maximum Gasteiger partial charge on any atom is 0.148 e. The standard InChI is InChI=1S/C62H68N3O.Pt/c1-58(2,3)45-27-24-40(25-28-45)42-30-31-63-52(36-42)44-32-43(33-46(34-44)59(4,5)6)48-22-19-23-54-55(48)64-57(49-37-47(60(7,8)9)38-51(56(49)66)62(13,14)15)65(54)53-29-26-41(35-50(53)61(10,11)12)39-20-17-16-18-21-39;/h16-31,33-38,66H,1-15H3;/q-1;/i1D3,2D3,3D3,24D,25D,27D,28D,30D,31D,36D;. The van der Waals surface area contributed by atoms with Gasteiger partial charge in [-0.25, -0.2) is 4.98 Å². The summed E-state index contributed by atoms with van der Waals surface area (Å²) in [5.74, 6) is 0.544. The Kier molecular flexibility index (Phi) is 8.57. The second kappa shape index (κ2) is 17.8. The molecule has 0 spiro atoms. The summed E-state index contributed by atoms with van der Waals surface area (Å²) in [6.45, 7) is 13.1. The van der Waals surface area contributed by atoms with E-state index in [1.54, 1.807) is 6.07 Å². The minimum Gasteiger partial charge on any atom is -0.507 e. The first kappa shape index (κ1) is 32.2. The summed E-state index contributed by atoms with van der Waals surface area (Å²) in [4.78, 5) is 9.94. The largest absolute Gasteiger partial charge is 0.507 e. The molecule has 5 heteroatoms. The Morgan fingerprint density at radius 2 is 1.19 bits per heavy atom. The zero-order chi connectivity index (χ0) is 61.3. The van der Waals surface area contributed by atoms with Crippen LogP contribution in [0.3, 0.4) is 0 Å². The van der Waals surface area contributed by atoms with E-state index in [4.69, 9.17) is 22.8 Å². The van der Waals surface area contributed by atoms with Crippen LogP contribution in [0.4, 0.5) is 0 Å². The molecule has 0 aliphatic carbocycles. The van der Waals surface area contributed by atoms with E-state index in [0.717, 1.165) is 33.5 Å². The molecule has 1 N–H and O–H groups in total. The first-order chi connectivity index (χ1) is 37.5. The Bertz CT molecular complexity index is 3790. The Hall–Kier alpha value is -5.57. The number of benzene rings is 6. The number of phenols is 1. The van der Waals surface area contributed by atoms with Crippen molar-refractivity contribution in [3.05, 3.63) is 167 Å². The predicted molar refractivity (Wildman–Crippen MR) is 280 cm³/mol. The van der Waals surface area contributed by atoms with Crippen LogP contribution in [-0.4, -0.2) is 19.6 Å². The van der Waals surface area contributed by atoms with Crippen LogP contribution in [0.25, 0.3) is 72.7 Å². The molecule has 348 valence electrons. The van der Waals surface area contributed by atoms with Crippen LogP contribution < -0.4 is 0 Å². The number of aromatic nitrogens is 3. The number of pyridine rings is 1. The van der Waals surface area contributed by atoms with Crippen molar-refractivity contribution >= 4 is 11.0 Å². The number of hydrogen-bond acceptors (Lipinski definition) is 3. The fourth-order valence-electron chi connectivity index (χ4n) is 8.16. The molecule has 0 bridgehead atoms. The molecule has 6 aromatic carbocycles. The van der Waals surface area contributed by atoms with Crippen molar-refractivity contribution in [3.8, 4) is 67.5 Å². The number of aromatic hydroxyl groups is 1. The van der Waals surface area contributed by atoms with Gasteiger partial charge >= 0.3 is 0 Å². The number of fused-ring (bicyclic) bond motifs is 1. The zero-order valence-corrected chi connectivity index (χ0v) is 42.5. The molecule has 2 aromatic heterocycles. The number of para-hydroxylation sites is 1. The molecule has 0 atom stereocenters. The van der Waals surface area contributed by atoms with Gasteiger partial charge < -0.3 is 5.11 Å². The van der Waals surface area contributed by atoms with E-state index in [2.05, 4.69) is 114 Å². The van der Waals surface area contributed by atoms with E-state index in [-0.39, 0.29) is 43.5 Å². The van der Waals surface area contributed by atoms with Gasteiger partial charge in [-0.05, 0) is 96.3 Å². The number of imidazole rings is 1. The third-order valence-corrected chi connectivity index (χ3v) is 12.0. The van der Waals surface area contributed by atoms with Crippen molar-refractivity contribution < 1.29 is 48.1 Å².